The van der Waals surface area contributed by atoms with Gasteiger partial charge in [-0.05, 0) is 17.2 Å². The molecule has 74 valence electrons. The summed E-state index contributed by atoms with van der Waals surface area (Å²) in [6.45, 7) is 4.57. The standard InChI is InChI=1S/C14H14N/c1-2-10-15-11-8-14(9-12-15)13-6-4-3-5-7-13/h2-9,11-12H,1,10H2/q+1. The number of allylic oxidation sites excluding steroid dienone is 1. The van der Waals surface area contributed by atoms with Crippen molar-refractivity contribution in [1.82, 2.24) is 0 Å². The molecule has 1 nitrogen and oxygen atoms in total. The van der Waals surface area contributed by atoms with Crippen molar-refractivity contribution in [2.75, 3.05) is 0 Å². The van der Waals surface area contributed by atoms with Gasteiger partial charge < -0.3 is 0 Å². The highest BCUT2D eigenvalue weighted by atomic mass is 14.9. The molecule has 0 aliphatic heterocycles. The average Bonchev–Trinajstić information content (AvgIpc) is 2.32. The molecule has 1 aromatic carbocycles. The van der Waals surface area contributed by atoms with Crippen molar-refractivity contribution in [1.29, 1.82) is 0 Å². The molecule has 0 aliphatic carbocycles. The second-order valence-corrected chi connectivity index (χ2v) is 3.44. The van der Waals surface area contributed by atoms with Crippen LogP contribution in [-0.2, 0) is 6.54 Å². The first-order valence-electron chi connectivity index (χ1n) is 5.05. The Balaban J connectivity index is 2.28. The minimum atomic E-state index is 0.856. The predicted octanol–water partition coefficient (Wildman–Crippen LogP) is 2.83. The normalized spacial score (nSPS) is 9.87. The summed E-state index contributed by atoms with van der Waals surface area (Å²) in [7, 11) is 0. The molecule has 0 N–H and O–H groups in total. The van der Waals surface area contributed by atoms with Crippen molar-refractivity contribution in [3.63, 3.8) is 0 Å². The van der Waals surface area contributed by atoms with Gasteiger partial charge in [-0.15, -0.1) is 0 Å². The van der Waals surface area contributed by atoms with Crippen LogP contribution in [0.15, 0.2) is 67.5 Å². The maximum absolute atomic E-state index is 3.72. The van der Waals surface area contributed by atoms with Crippen molar-refractivity contribution in [2.24, 2.45) is 0 Å². The fourth-order valence-corrected chi connectivity index (χ4v) is 1.55. The van der Waals surface area contributed by atoms with E-state index in [9.17, 15) is 0 Å². The lowest BCUT2D eigenvalue weighted by atomic mass is 10.1. The molecule has 0 bridgehead atoms. The van der Waals surface area contributed by atoms with E-state index in [1.165, 1.54) is 11.1 Å². The van der Waals surface area contributed by atoms with Crippen LogP contribution in [0.25, 0.3) is 11.1 Å². The third-order valence-electron chi connectivity index (χ3n) is 2.34. The van der Waals surface area contributed by atoms with Gasteiger partial charge in [0.05, 0.1) is 0 Å². The van der Waals surface area contributed by atoms with Crippen molar-refractivity contribution < 1.29 is 4.57 Å². The topological polar surface area (TPSA) is 3.88 Å². The minimum absolute atomic E-state index is 0.856. The summed E-state index contributed by atoms with van der Waals surface area (Å²) < 4.78 is 2.10. The lowest BCUT2D eigenvalue weighted by Crippen LogP contribution is -2.31. The Hall–Kier alpha value is -1.89. The molecule has 0 radical (unpaired) electrons. The van der Waals surface area contributed by atoms with Crippen molar-refractivity contribution >= 4 is 0 Å². The molecule has 0 spiro atoms. The number of rotatable bonds is 3. The number of aromatic nitrogens is 1. The van der Waals surface area contributed by atoms with Gasteiger partial charge in [0.1, 0.15) is 0 Å². The first-order chi connectivity index (χ1) is 7.40. The zero-order chi connectivity index (χ0) is 10.5. The molecule has 1 heteroatoms. The Kier molecular flexibility index (Phi) is 2.93. The van der Waals surface area contributed by atoms with Crippen molar-refractivity contribution in [3.05, 3.63) is 67.5 Å². The van der Waals surface area contributed by atoms with E-state index in [0.717, 1.165) is 6.54 Å². The first-order valence-corrected chi connectivity index (χ1v) is 5.05. The number of hydrogen-bond acceptors (Lipinski definition) is 0. The van der Waals surface area contributed by atoms with Crippen LogP contribution >= 0.6 is 0 Å². The van der Waals surface area contributed by atoms with Crippen LogP contribution in [-0.4, -0.2) is 0 Å². The molecule has 0 atom stereocenters. The van der Waals surface area contributed by atoms with Gasteiger partial charge in [-0.3, -0.25) is 0 Å². The Morgan fingerprint density at radius 2 is 1.53 bits per heavy atom. The van der Waals surface area contributed by atoms with Gasteiger partial charge in [-0.1, -0.05) is 36.9 Å². The van der Waals surface area contributed by atoms with Crippen LogP contribution in [0.5, 0.6) is 0 Å². The second-order valence-electron chi connectivity index (χ2n) is 3.44. The van der Waals surface area contributed by atoms with E-state index < -0.39 is 0 Å². The van der Waals surface area contributed by atoms with Gasteiger partial charge in [0.15, 0.2) is 18.9 Å². The Bertz CT molecular complexity index is 429. The number of pyridine rings is 1. The third kappa shape index (κ3) is 2.32. The van der Waals surface area contributed by atoms with E-state index in [1.807, 2.05) is 12.1 Å². The summed E-state index contributed by atoms with van der Waals surface area (Å²) in [5, 5.41) is 0. The van der Waals surface area contributed by atoms with Crippen LogP contribution in [0.2, 0.25) is 0 Å². The molecule has 15 heavy (non-hydrogen) atoms. The van der Waals surface area contributed by atoms with Crippen LogP contribution < -0.4 is 4.57 Å². The number of benzene rings is 1. The smallest absolute Gasteiger partial charge is 0.169 e. The van der Waals surface area contributed by atoms with E-state index in [0.29, 0.717) is 0 Å². The van der Waals surface area contributed by atoms with Gasteiger partial charge in [0.25, 0.3) is 0 Å². The fourth-order valence-electron chi connectivity index (χ4n) is 1.55. The van der Waals surface area contributed by atoms with Crippen LogP contribution in [0.1, 0.15) is 0 Å². The molecule has 1 aromatic heterocycles. The van der Waals surface area contributed by atoms with E-state index in [1.54, 1.807) is 0 Å². The molecular weight excluding hydrogens is 182 g/mol. The van der Waals surface area contributed by atoms with Crippen LogP contribution in [0.3, 0.4) is 0 Å². The molecule has 2 aromatic rings. The van der Waals surface area contributed by atoms with Crippen molar-refractivity contribution in [3.8, 4) is 11.1 Å². The number of hydrogen-bond donors (Lipinski definition) is 0. The Labute approximate surface area is 90.3 Å². The Morgan fingerprint density at radius 3 is 2.13 bits per heavy atom. The number of nitrogens with zero attached hydrogens (tertiary/aromatic N) is 1. The lowest BCUT2D eigenvalue weighted by molar-refractivity contribution is -0.686. The quantitative estimate of drug-likeness (QED) is 0.525. The van der Waals surface area contributed by atoms with Crippen LogP contribution in [0.4, 0.5) is 0 Å². The highest BCUT2D eigenvalue weighted by Gasteiger charge is 1.99. The molecule has 0 amide bonds. The Morgan fingerprint density at radius 1 is 0.933 bits per heavy atom. The summed E-state index contributed by atoms with van der Waals surface area (Å²) in [5.74, 6) is 0. The minimum Gasteiger partial charge on any atom is -0.201 e. The molecule has 0 saturated heterocycles. The monoisotopic (exact) mass is 196 g/mol. The van der Waals surface area contributed by atoms with E-state index in [-0.39, 0.29) is 0 Å². The molecule has 1 heterocycles. The molecule has 2 rings (SSSR count). The summed E-state index contributed by atoms with van der Waals surface area (Å²) in [4.78, 5) is 0. The first kappa shape index (κ1) is 9.66. The zero-order valence-electron chi connectivity index (χ0n) is 8.63. The highest BCUT2D eigenvalue weighted by molar-refractivity contribution is 5.61. The molecular formula is C14H14N+. The summed E-state index contributed by atoms with van der Waals surface area (Å²) in [6.07, 6.45) is 6.04. The highest BCUT2D eigenvalue weighted by Crippen LogP contribution is 2.16. The van der Waals surface area contributed by atoms with Gasteiger partial charge in [0, 0.05) is 12.1 Å². The average molecular weight is 196 g/mol. The summed E-state index contributed by atoms with van der Waals surface area (Å²) in [5.41, 5.74) is 2.50. The lowest BCUT2D eigenvalue weighted by Gasteiger charge is -1.99. The molecule has 0 fully saturated rings. The van der Waals surface area contributed by atoms with E-state index in [2.05, 4.69) is 59.9 Å². The predicted molar refractivity (Wildman–Crippen MR) is 62.3 cm³/mol. The second kappa shape index (κ2) is 4.56. The molecule has 0 aliphatic rings. The maximum Gasteiger partial charge on any atom is 0.169 e. The summed E-state index contributed by atoms with van der Waals surface area (Å²) in [6, 6.07) is 14.6. The van der Waals surface area contributed by atoms with Gasteiger partial charge >= 0.3 is 0 Å². The van der Waals surface area contributed by atoms with Crippen molar-refractivity contribution in [2.45, 2.75) is 6.54 Å². The van der Waals surface area contributed by atoms with Crippen LogP contribution in [0, 0.1) is 0 Å². The van der Waals surface area contributed by atoms with Gasteiger partial charge in [-0.25, -0.2) is 4.57 Å². The van der Waals surface area contributed by atoms with E-state index in [4.69, 9.17) is 0 Å². The largest absolute Gasteiger partial charge is 0.201 e. The van der Waals surface area contributed by atoms with E-state index >= 15 is 0 Å². The van der Waals surface area contributed by atoms with Gasteiger partial charge in [0.2, 0.25) is 0 Å². The van der Waals surface area contributed by atoms with Gasteiger partial charge in [-0.2, -0.15) is 0 Å². The summed E-state index contributed by atoms with van der Waals surface area (Å²) >= 11 is 0. The fraction of sp³-hybridized carbons (Fsp3) is 0.0714. The third-order valence-corrected chi connectivity index (χ3v) is 2.34. The molecule has 0 unspecified atom stereocenters. The SMILES string of the molecule is C=CC[n+]1ccc(-c2ccccc2)cc1. The maximum atomic E-state index is 3.72. The molecule has 0 saturated carbocycles. The zero-order valence-corrected chi connectivity index (χ0v) is 8.63.